The molecule has 30 heavy (non-hydrogen) atoms. The average Bonchev–Trinajstić information content (AvgIpc) is 3.22. The molecule has 0 fully saturated rings. The number of hydrogen-bond acceptors (Lipinski definition) is 6. The summed E-state index contributed by atoms with van der Waals surface area (Å²) in [5.74, 6) is 0.834. The van der Waals surface area contributed by atoms with Gasteiger partial charge in [0.25, 0.3) is 5.91 Å². The van der Waals surface area contributed by atoms with Crippen molar-refractivity contribution in [1.82, 2.24) is 24.7 Å². The molecule has 1 amide bonds. The van der Waals surface area contributed by atoms with Crippen molar-refractivity contribution >= 4 is 17.2 Å². The molecule has 0 unspecified atom stereocenters. The Morgan fingerprint density at radius 2 is 2.00 bits per heavy atom. The van der Waals surface area contributed by atoms with Crippen molar-refractivity contribution in [3.63, 3.8) is 0 Å². The lowest BCUT2D eigenvalue weighted by Gasteiger charge is -2.20. The van der Waals surface area contributed by atoms with Gasteiger partial charge in [-0.25, -0.2) is 15.0 Å². The first-order valence-electron chi connectivity index (χ1n) is 9.85. The van der Waals surface area contributed by atoms with E-state index in [4.69, 9.17) is 15.7 Å². The number of amides is 1. The Bertz CT molecular complexity index is 1230. The fraction of sp³-hybridized carbons (Fsp3) is 0.182. The zero-order chi connectivity index (χ0) is 20.5. The Balaban J connectivity index is 1.58. The lowest BCUT2D eigenvalue weighted by Crippen LogP contribution is -2.26. The van der Waals surface area contributed by atoms with Crippen LogP contribution >= 0.6 is 0 Å². The fourth-order valence-corrected chi connectivity index (χ4v) is 3.77. The molecule has 0 spiro atoms. The molecule has 3 aromatic heterocycles. The Morgan fingerprint density at radius 1 is 1.13 bits per heavy atom. The predicted octanol–water partition coefficient (Wildman–Crippen LogP) is 2.15. The summed E-state index contributed by atoms with van der Waals surface area (Å²) >= 11 is 0. The molecule has 4 heterocycles. The molecule has 0 saturated carbocycles. The zero-order valence-corrected chi connectivity index (χ0v) is 16.3. The molecule has 8 nitrogen and oxygen atoms in total. The van der Waals surface area contributed by atoms with Crippen LogP contribution in [0.15, 0.2) is 54.9 Å². The predicted molar refractivity (Wildman–Crippen MR) is 114 cm³/mol. The summed E-state index contributed by atoms with van der Waals surface area (Å²) in [5.41, 5.74) is 10.5. The lowest BCUT2D eigenvalue weighted by atomic mass is 10.1. The molecule has 4 aromatic rings. The number of primary amides is 1. The van der Waals surface area contributed by atoms with E-state index in [0.717, 1.165) is 42.1 Å². The van der Waals surface area contributed by atoms with Crippen molar-refractivity contribution in [2.45, 2.75) is 19.5 Å². The van der Waals surface area contributed by atoms with E-state index in [1.807, 2.05) is 24.3 Å². The van der Waals surface area contributed by atoms with Crippen molar-refractivity contribution < 1.29 is 4.79 Å². The topological polar surface area (TPSA) is 110 Å². The molecule has 0 aliphatic carbocycles. The van der Waals surface area contributed by atoms with Gasteiger partial charge in [-0.15, -0.1) is 0 Å². The van der Waals surface area contributed by atoms with Crippen LogP contribution in [0.1, 0.15) is 27.3 Å². The summed E-state index contributed by atoms with van der Waals surface area (Å²) in [6, 6.07) is 15.5. The summed E-state index contributed by atoms with van der Waals surface area (Å²) in [6.07, 6.45) is 2.41. The van der Waals surface area contributed by atoms with E-state index >= 15 is 0 Å². The third-order valence-electron chi connectivity index (χ3n) is 5.27. The molecule has 0 bridgehead atoms. The lowest BCUT2D eigenvalue weighted by molar-refractivity contribution is 0.0994. The van der Waals surface area contributed by atoms with E-state index in [-0.39, 0.29) is 0 Å². The number of imidazole rings is 1. The van der Waals surface area contributed by atoms with Gasteiger partial charge in [-0.2, -0.15) is 0 Å². The van der Waals surface area contributed by atoms with Gasteiger partial charge >= 0.3 is 0 Å². The van der Waals surface area contributed by atoms with E-state index in [9.17, 15) is 4.79 Å². The van der Waals surface area contributed by atoms with Crippen molar-refractivity contribution in [3.8, 4) is 11.5 Å². The summed E-state index contributed by atoms with van der Waals surface area (Å²) in [4.78, 5) is 25.9. The Kier molecular flexibility index (Phi) is 4.61. The number of nitrogens with one attached hydrogen (secondary N) is 2. The standard InChI is InChI=1S/C22H21N7O/c23-20(30)18-8-4-7-17-19(26-13-29(17)18)22-27-16-9-10-24-12-15(16)21(28-22)25-11-14-5-2-1-3-6-14/h1-8,13,24H,9-12H2,(H2,23,30)(H,25,27,28). The van der Waals surface area contributed by atoms with E-state index in [0.29, 0.717) is 23.8 Å². The van der Waals surface area contributed by atoms with Gasteiger partial charge in [-0.05, 0) is 17.7 Å². The number of benzene rings is 1. The van der Waals surface area contributed by atoms with Crippen molar-refractivity contribution in [2.24, 2.45) is 5.73 Å². The summed E-state index contributed by atoms with van der Waals surface area (Å²) in [6.45, 7) is 2.26. The van der Waals surface area contributed by atoms with Crippen molar-refractivity contribution in [2.75, 3.05) is 11.9 Å². The largest absolute Gasteiger partial charge is 0.366 e. The van der Waals surface area contributed by atoms with Gasteiger partial charge in [0, 0.05) is 31.6 Å². The van der Waals surface area contributed by atoms with E-state index < -0.39 is 5.91 Å². The molecule has 8 heteroatoms. The Hall–Kier alpha value is -3.78. The van der Waals surface area contributed by atoms with Gasteiger partial charge < -0.3 is 16.4 Å². The SMILES string of the molecule is NC(=O)c1cccc2c(-c3nc4c(c(NCc5ccccc5)n3)CNCC4)ncn12. The monoisotopic (exact) mass is 399 g/mol. The number of rotatable bonds is 5. The highest BCUT2D eigenvalue weighted by Gasteiger charge is 2.21. The van der Waals surface area contributed by atoms with Crippen LogP contribution in [0, 0.1) is 0 Å². The molecule has 0 saturated heterocycles. The first-order chi connectivity index (χ1) is 14.7. The fourth-order valence-electron chi connectivity index (χ4n) is 3.77. The Labute approximate surface area is 173 Å². The number of hydrogen-bond donors (Lipinski definition) is 3. The van der Waals surface area contributed by atoms with Crippen LogP contribution in [0.3, 0.4) is 0 Å². The number of anilines is 1. The van der Waals surface area contributed by atoms with Gasteiger partial charge in [0.15, 0.2) is 5.82 Å². The highest BCUT2D eigenvalue weighted by molar-refractivity contribution is 5.92. The van der Waals surface area contributed by atoms with Gasteiger partial charge in [-0.3, -0.25) is 9.20 Å². The molecular formula is C22H21N7O. The van der Waals surface area contributed by atoms with Gasteiger partial charge in [0.1, 0.15) is 23.5 Å². The molecule has 1 aromatic carbocycles. The number of pyridine rings is 1. The third kappa shape index (κ3) is 3.27. The zero-order valence-electron chi connectivity index (χ0n) is 16.3. The van der Waals surface area contributed by atoms with Crippen LogP contribution in [-0.4, -0.2) is 31.8 Å². The second kappa shape index (κ2) is 7.57. The number of nitrogens with zero attached hydrogens (tertiary/aromatic N) is 4. The Morgan fingerprint density at radius 3 is 2.83 bits per heavy atom. The van der Waals surface area contributed by atoms with Crippen molar-refractivity contribution in [1.29, 1.82) is 0 Å². The molecule has 1 aliphatic heterocycles. The number of carbonyl (C=O) groups excluding carboxylic acids is 1. The normalized spacial score (nSPS) is 13.2. The van der Waals surface area contributed by atoms with Crippen LogP contribution in [0.5, 0.6) is 0 Å². The van der Waals surface area contributed by atoms with E-state index in [2.05, 4.69) is 27.8 Å². The van der Waals surface area contributed by atoms with E-state index in [1.165, 1.54) is 5.56 Å². The van der Waals surface area contributed by atoms with Gasteiger partial charge in [0.05, 0.1) is 11.2 Å². The van der Waals surface area contributed by atoms with E-state index in [1.54, 1.807) is 22.9 Å². The van der Waals surface area contributed by atoms with Crippen LogP contribution in [0.25, 0.3) is 17.0 Å². The maximum Gasteiger partial charge on any atom is 0.265 e. The summed E-state index contributed by atoms with van der Waals surface area (Å²) in [7, 11) is 0. The summed E-state index contributed by atoms with van der Waals surface area (Å²) < 4.78 is 1.68. The molecule has 4 N–H and O–H groups in total. The van der Waals surface area contributed by atoms with Gasteiger partial charge in [-0.1, -0.05) is 36.4 Å². The van der Waals surface area contributed by atoms with Crippen LogP contribution in [0.2, 0.25) is 0 Å². The number of aromatic nitrogens is 4. The second-order valence-corrected chi connectivity index (χ2v) is 7.21. The average molecular weight is 399 g/mol. The molecule has 0 atom stereocenters. The quantitative estimate of drug-likeness (QED) is 0.474. The highest BCUT2D eigenvalue weighted by atomic mass is 16.1. The minimum atomic E-state index is -0.507. The second-order valence-electron chi connectivity index (χ2n) is 7.21. The maximum atomic E-state index is 11.8. The first kappa shape index (κ1) is 18.3. The number of nitrogens with two attached hydrogens (primary N) is 1. The van der Waals surface area contributed by atoms with Crippen LogP contribution in [0.4, 0.5) is 5.82 Å². The van der Waals surface area contributed by atoms with Crippen molar-refractivity contribution in [3.05, 3.63) is 77.4 Å². The molecular weight excluding hydrogens is 378 g/mol. The minimum absolute atomic E-state index is 0.371. The molecule has 150 valence electrons. The third-order valence-corrected chi connectivity index (χ3v) is 5.27. The minimum Gasteiger partial charge on any atom is -0.366 e. The molecule has 0 radical (unpaired) electrons. The first-order valence-corrected chi connectivity index (χ1v) is 9.85. The van der Waals surface area contributed by atoms with Crippen LogP contribution < -0.4 is 16.4 Å². The maximum absolute atomic E-state index is 11.8. The highest BCUT2D eigenvalue weighted by Crippen LogP contribution is 2.27. The molecule has 1 aliphatic rings. The van der Waals surface area contributed by atoms with Gasteiger partial charge in [0.2, 0.25) is 0 Å². The smallest absolute Gasteiger partial charge is 0.265 e. The number of carbonyl (C=O) groups is 1. The number of fused-ring (bicyclic) bond motifs is 2. The van der Waals surface area contributed by atoms with Crippen LogP contribution in [-0.2, 0) is 19.5 Å². The molecule has 5 rings (SSSR count). The summed E-state index contributed by atoms with van der Waals surface area (Å²) in [5, 5.41) is 6.86.